The van der Waals surface area contributed by atoms with Crippen molar-refractivity contribution in [2.24, 2.45) is 0 Å². The van der Waals surface area contributed by atoms with Crippen LogP contribution < -0.4 is 0 Å². The lowest BCUT2D eigenvalue weighted by atomic mass is 10.2. The third-order valence-electron chi connectivity index (χ3n) is 2.42. The zero-order valence-corrected chi connectivity index (χ0v) is 11.2. The first-order valence-corrected chi connectivity index (χ1v) is 6.48. The van der Waals surface area contributed by atoms with Crippen LogP contribution in [0.5, 0.6) is 0 Å². The van der Waals surface area contributed by atoms with E-state index in [0.29, 0.717) is 16.4 Å². The van der Waals surface area contributed by atoms with Crippen LogP contribution in [-0.2, 0) is 4.79 Å². The van der Waals surface area contributed by atoms with Gasteiger partial charge in [-0.2, -0.15) is 0 Å². The average Bonchev–Trinajstić information content (AvgIpc) is 2.64. The van der Waals surface area contributed by atoms with E-state index in [9.17, 15) is 9.59 Å². The summed E-state index contributed by atoms with van der Waals surface area (Å²) in [4.78, 5) is 24.8. The van der Waals surface area contributed by atoms with E-state index in [-0.39, 0.29) is 18.4 Å². The highest BCUT2D eigenvalue weighted by Crippen LogP contribution is 2.24. The van der Waals surface area contributed by atoms with Gasteiger partial charge >= 0.3 is 5.97 Å². The molecule has 0 bridgehead atoms. The van der Waals surface area contributed by atoms with Crippen molar-refractivity contribution in [3.8, 4) is 0 Å². The monoisotopic (exact) mass is 275 g/mol. The highest BCUT2D eigenvalue weighted by atomic mass is 35.5. The third-order valence-corrected chi connectivity index (χ3v) is 3.74. The molecule has 1 aromatic heterocycles. The van der Waals surface area contributed by atoms with Crippen LogP contribution in [0.3, 0.4) is 0 Å². The third kappa shape index (κ3) is 3.44. The zero-order valence-electron chi connectivity index (χ0n) is 9.64. The van der Waals surface area contributed by atoms with Crippen LogP contribution in [0.15, 0.2) is 11.4 Å². The smallest absolute Gasteiger partial charge is 0.305 e. The number of carboxylic acid groups (broad SMARTS) is 1. The Morgan fingerprint density at radius 2 is 2.24 bits per heavy atom. The molecule has 0 aliphatic heterocycles. The maximum absolute atomic E-state index is 12.1. The molecule has 1 N–H and O–H groups in total. The van der Waals surface area contributed by atoms with Gasteiger partial charge in [-0.15, -0.1) is 11.3 Å². The molecule has 0 radical (unpaired) electrons. The molecule has 0 fully saturated rings. The molecule has 0 saturated heterocycles. The first-order chi connectivity index (χ1) is 7.97. The average molecular weight is 276 g/mol. The Morgan fingerprint density at radius 3 is 2.65 bits per heavy atom. The number of halogens is 1. The lowest BCUT2D eigenvalue weighted by Gasteiger charge is -2.26. The summed E-state index contributed by atoms with van der Waals surface area (Å²) in [7, 11) is 0. The summed E-state index contributed by atoms with van der Waals surface area (Å²) in [5.74, 6) is -1.12. The van der Waals surface area contributed by atoms with Crippen molar-refractivity contribution in [1.82, 2.24) is 4.90 Å². The van der Waals surface area contributed by atoms with E-state index < -0.39 is 5.97 Å². The van der Waals surface area contributed by atoms with Gasteiger partial charge in [-0.3, -0.25) is 9.59 Å². The van der Waals surface area contributed by atoms with Crippen molar-refractivity contribution >= 4 is 34.8 Å². The van der Waals surface area contributed by atoms with E-state index >= 15 is 0 Å². The minimum Gasteiger partial charge on any atom is -0.481 e. The highest BCUT2D eigenvalue weighted by molar-refractivity contribution is 7.12. The second-order valence-corrected chi connectivity index (χ2v) is 4.96. The molecule has 0 aromatic carbocycles. The highest BCUT2D eigenvalue weighted by Gasteiger charge is 2.24. The Morgan fingerprint density at radius 1 is 1.59 bits per heavy atom. The first-order valence-electron chi connectivity index (χ1n) is 5.23. The Hall–Kier alpha value is -1.07. The number of nitrogens with zero attached hydrogens (tertiary/aromatic N) is 1. The second-order valence-electron chi connectivity index (χ2n) is 3.64. The molecular weight excluding hydrogens is 262 g/mol. The summed E-state index contributed by atoms with van der Waals surface area (Å²) in [6, 6.07) is 1.32. The summed E-state index contributed by atoms with van der Waals surface area (Å²) in [5.41, 5.74) is 0. The number of carbonyl (C=O) groups excluding carboxylic acids is 1. The second kappa shape index (κ2) is 6.02. The van der Waals surface area contributed by atoms with Crippen LogP contribution in [-0.4, -0.2) is 34.5 Å². The van der Waals surface area contributed by atoms with Crippen molar-refractivity contribution in [3.63, 3.8) is 0 Å². The molecule has 6 heteroatoms. The van der Waals surface area contributed by atoms with Gasteiger partial charge < -0.3 is 10.0 Å². The Labute approximate surface area is 109 Å². The van der Waals surface area contributed by atoms with Crippen molar-refractivity contribution in [1.29, 1.82) is 0 Å². The molecule has 1 unspecified atom stereocenters. The van der Waals surface area contributed by atoms with Gasteiger partial charge in [0, 0.05) is 12.6 Å². The van der Waals surface area contributed by atoms with Gasteiger partial charge in [0.2, 0.25) is 0 Å². The lowest BCUT2D eigenvalue weighted by molar-refractivity contribution is -0.138. The standard InChI is InChI=1S/C11H14ClNO3S/c1-3-13(7(2)6-9(14)15)11(16)10-8(12)4-5-17-10/h4-5,7H,3,6H2,1-2H3,(H,14,15). The molecular formula is C11H14ClNO3S. The minimum absolute atomic E-state index is 0.0669. The fourth-order valence-corrected chi connectivity index (χ4v) is 2.69. The van der Waals surface area contributed by atoms with Crippen LogP contribution in [0.2, 0.25) is 5.02 Å². The molecule has 0 aliphatic carbocycles. The number of thiophene rings is 1. The summed E-state index contributed by atoms with van der Waals surface area (Å²) in [5, 5.41) is 10.9. The Balaban J connectivity index is 2.84. The number of carboxylic acids is 1. The first kappa shape index (κ1) is 14.0. The normalized spacial score (nSPS) is 12.2. The van der Waals surface area contributed by atoms with Crippen LogP contribution in [0.25, 0.3) is 0 Å². The fourth-order valence-electron chi connectivity index (χ4n) is 1.60. The van der Waals surface area contributed by atoms with Gasteiger partial charge in [0.1, 0.15) is 4.88 Å². The fraction of sp³-hybridized carbons (Fsp3) is 0.455. The number of hydrogen-bond acceptors (Lipinski definition) is 3. The Kier molecular flexibility index (Phi) is 4.96. The molecule has 0 saturated carbocycles. The van der Waals surface area contributed by atoms with E-state index in [2.05, 4.69) is 0 Å². The molecule has 1 rings (SSSR count). The van der Waals surface area contributed by atoms with E-state index in [1.165, 1.54) is 16.2 Å². The predicted molar refractivity (Wildman–Crippen MR) is 67.8 cm³/mol. The predicted octanol–water partition coefficient (Wildman–Crippen LogP) is 2.73. The van der Waals surface area contributed by atoms with Crippen LogP contribution in [0.4, 0.5) is 0 Å². The van der Waals surface area contributed by atoms with Crippen molar-refractivity contribution in [3.05, 3.63) is 21.3 Å². The molecule has 0 spiro atoms. The van der Waals surface area contributed by atoms with E-state index in [1.54, 1.807) is 18.4 Å². The molecule has 4 nitrogen and oxygen atoms in total. The maximum Gasteiger partial charge on any atom is 0.305 e. The number of hydrogen-bond donors (Lipinski definition) is 1. The Bertz CT molecular complexity index is 419. The molecule has 17 heavy (non-hydrogen) atoms. The van der Waals surface area contributed by atoms with Gasteiger partial charge in [0.25, 0.3) is 5.91 Å². The van der Waals surface area contributed by atoms with Crippen molar-refractivity contribution < 1.29 is 14.7 Å². The van der Waals surface area contributed by atoms with Gasteiger partial charge in [-0.1, -0.05) is 11.6 Å². The minimum atomic E-state index is -0.916. The van der Waals surface area contributed by atoms with Crippen molar-refractivity contribution in [2.45, 2.75) is 26.3 Å². The molecule has 0 aliphatic rings. The summed E-state index contributed by atoms with van der Waals surface area (Å²) in [6.07, 6.45) is -0.0669. The zero-order chi connectivity index (χ0) is 13.0. The summed E-state index contributed by atoms with van der Waals surface area (Å²) in [6.45, 7) is 4.00. The van der Waals surface area contributed by atoms with E-state index in [4.69, 9.17) is 16.7 Å². The van der Waals surface area contributed by atoms with Gasteiger partial charge in [-0.25, -0.2) is 0 Å². The molecule has 94 valence electrons. The van der Waals surface area contributed by atoms with Crippen LogP contribution in [0, 0.1) is 0 Å². The number of rotatable bonds is 5. The molecule has 1 aromatic rings. The number of carbonyl (C=O) groups is 2. The maximum atomic E-state index is 12.1. The SMILES string of the molecule is CCN(C(=O)c1sccc1Cl)C(C)CC(=O)O. The quantitative estimate of drug-likeness (QED) is 0.899. The van der Waals surface area contributed by atoms with Gasteiger partial charge in [0.15, 0.2) is 0 Å². The van der Waals surface area contributed by atoms with Crippen LogP contribution >= 0.6 is 22.9 Å². The topological polar surface area (TPSA) is 57.6 Å². The van der Waals surface area contributed by atoms with Gasteiger partial charge in [0.05, 0.1) is 11.4 Å². The summed E-state index contributed by atoms with van der Waals surface area (Å²) >= 11 is 7.16. The van der Waals surface area contributed by atoms with Crippen molar-refractivity contribution in [2.75, 3.05) is 6.54 Å². The van der Waals surface area contributed by atoms with E-state index in [1.807, 2.05) is 6.92 Å². The molecule has 1 heterocycles. The largest absolute Gasteiger partial charge is 0.481 e. The van der Waals surface area contributed by atoms with E-state index in [0.717, 1.165) is 0 Å². The molecule has 1 atom stereocenters. The lowest BCUT2D eigenvalue weighted by Crippen LogP contribution is -2.39. The number of aliphatic carboxylic acids is 1. The molecule has 1 amide bonds. The van der Waals surface area contributed by atoms with Gasteiger partial charge in [-0.05, 0) is 25.3 Å². The number of amides is 1. The summed E-state index contributed by atoms with van der Waals surface area (Å²) < 4.78 is 0. The van der Waals surface area contributed by atoms with Crippen LogP contribution in [0.1, 0.15) is 29.9 Å².